The van der Waals surface area contributed by atoms with Gasteiger partial charge in [0.2, 0.25) is 0 Å². The molecule has 1 N–H and O–H groups in total. The lowest BCUT2D eigenvalue weighted by Gasteiger charge is -2.10. The van der Waals surface area contributed by atoms with E-state index in [1.165, 1.54) is 12.8 Å². The maximum Gasteiger partial charge on any atom is 0.0946 e. The first-order chi connectivity index (χ1) is 6.95. The second kappa shape index (κ2) is 5.12. The van der Waals surface area contributed by atoms with Gasteiger partial charge in [0.25, 0.3) is 0 Å². The van der Waals surface area contributed by atoms with E-state index < -0.39 is 0 Å². The Morgan fingerprint density at radius 2 is 2.57 bits per heavy atom. The van der Waals surface area contributed by atoms with E-state index in [4.69, 9.17) is 4.74 Å². The van der Waals surface area contributed by atoms with Gasteiger partial charge in [-0.2, -0.15) is 0 Å². The highest BCUT2D eigenvalue weighted by molar-refractivity contribution is 4.74. The fourth-order valence-electron chi connectivity index (χ4n) is 1.70. The first kappa shape index (κ1) is 9.68. The molecule has 0 aliphatic carbocycles. The van der Waals surface area contributed by atoms with E-state index in [1.54, 1.807) is 6.20 Å². The minimum atomic E-state index is 0.442. The Bertz CT molecular complexity index is 242. The highest BCUT2D eigenvalue weighted by Crippen LogP contribution is 2.10. The zero-order chi connectivity index (χ0) is 9.64. The number of hydrogen-bond donors (Lipinski definition) is 1. The quantitative estimate of drug-likeness (QED) is 0.701. The molecule has 0 aromatic carbocycles. The van der Waals surface area contributed by atoms with Gasteiger partial charge in [-0.3, -0.25) is 0 Å². The fourth-order valence-corrected chi connectivity index (χ4v) is 1.70. The van der Waals surface area contributed by atoms with Crippen molar-refractivity contribution in [1.82, 2.24) is 14.9 Å². The Balaban J connectivity index is 1.55. The Labute approximate surface area is 84.3 Å². The minimum absolute atomic E-state index is 0.442. The number of imidazole rings is 1. The average Bonchev–Trinajstić information content (AvgIpc) is 2.86. The summed E-state index contributed by atoms with van der Waals surface area (Å²) in [7, 11) is 0. The SMILES string of the molecule is c1cn(CCNCC2CCCO2)cn1. The predicted molar refractivity (Wildman–Crippen MR) is 54.1 cm³/mol. The van der Waals surface area contributed by atoms with Crippen molar-refractivity contribution >= 4 is 0 Å². The molecule has 1 saturated heterocycles. The van der Waals surface area contributed by atoms with Crippen molar-refractivity contribution in [3.63, 3.8) is 0 Å². The lowest BCUT2D eigenvalue weighted by atomic mass is 10.2. The van der Waals surface area contributed by atoms with Gasteiger partial charge in [0.05, 0.1) is 12.4 Å². The molecule has 0 bridgehead atoms. The molecule has 1 atom stereocenters. The maximum absolute atomic E-state index is 5.51. The summed E-state index contributed by atoms with van der Waals surface area (Å²) >= 11 is 0. The highest BCUT2D eigenvalue weighted by atomic mass is 16.5. The van der Waals surface area contributed by atoms with Crippen LogP contribution >= 0.6 is 0 Å². The van der Waals surface area contributed by atoms with Gasteiger partial charge < -0.3 is 14.6 Å². The molecular formula is C10H17N3O. The lowest BCUT2D eigenvalue weighted by molar-refractivity contribution is 0.110. The Morgan fingerprint density at radius 3 is 3.29 bits per heavy atom. The third-order valence-corrected chi connectivity index (χ3v) is 2.50. The Kier molecular flexibility index (Phi) is 3.54. The molecule has 78 valence electrons. The third kappa shape index (κ3) is 2.82. The molecule has 2 rings (SSSR count). The molecule has 4 nitrogen and oxygen atoms in total. The van der Waals surface area contributed by atoms with Crippen molar-refractivity contribution in [2.75, 3.05) is 19.7 Å². The number of ether oxygens (including phenoxy) is 1. The van der Waals surface area contributed by atoms with E-state index in [2.05, 4.69) is 14.9 Å². The van der Waals surface area contributed by atoms with E-state index in [0.29, 0.717) is 6.10 Å². The highest BCUT2D eigenvalue weighted by Gasteiger charge is 2.13. The van der Waals surface area contributed by atoms with Crippen LogP contribution in [0.1, 0.15) is 12.8 Å². The average molecular weight is 195 g/mol. The summed E-state index contributed by atoms with van der Waals surface area (Å²) in [4.78, 5) is 3.99. The van der Waals surface area contributed by atoms with Crippen LogP contribution in [0.4, 0.5) is 0 Å². The van der Waals surface area contributed by atoms with Gasteiger partial charge in [-0.15, -0.1) is 0 Å². The Morgan fingerprint density at radius 1 is 1.57 bits per heavy atom. The van der Waals surface area contributed by atoms with Gasteiger partial charge in [-0.05, 0) is 12.8 Å². The molecule has 14 heavy (non-hydrogen) atoms. The molecular weight excluding hydrogens is 178 g/mol. The summed E-state index contributed by atoms with van der Waals surface area (Å²) in [5.74, 6) is 0. The van der Waals surface area contributed by atoms with Crippen LogP contribution < -0.4 is 5.32 Å². The first-order valence-electron chi connectivity index (χ1n) is 5.23. The van der Waals surface area contributed by atoms with Gasteiger partial charge in [0.1, 0.15) is 0 Å². The van der Waals surface area contributed by atoms with Crippen LogP contribution in [0.3, 0.4) is 0 Å². The van der Waals surface area contributed by atoms with Gasteiger partial charge in [0.15, 0.2) is 0 Å². The molecule has 0 amide bonds. The maximum atomic E-state index is 5.51. The van der Waals surface area contributed by atoms with Gasteiger partial charge in [-0.25, -0.2) is 4.98 Å². The first-order valence-corrected chi connectivity index (χ1v) is 5.23. The van der Waals surface area contributed by atoms with Crippen LogP contribution in [0.2, 0.25) is 0 Å². The van der Waals surface area contributed by atoms with E-state index in [1.807, 2.05) is 12.5 Å². The summed E-state index contributed by atoms with van der Waals surface area (Å²) in [5, 5.41) is 3.39. The van der Waals surface area contributed by atoms with E-state index in [9.17, 15) is 0 Å². The van der Waals surface area contributed by atoms with Crippen LogP contribution in [0, 0.1) is 0 Å². The molecule has 4 heteroatoms. The van der Waals surface area contributed by atoms with Gasteiger partial charge >= 0.3 is 0 Å². The topological polar surface area (TPSA) is 39.1 Å². The fraction of sp³-hybridized carbons (Fsp3) is 0.700. The molecule has 1 aliphatic rings. The Hall–Kier alpha value is -0.870. The molecule has 1 aromatic rings. The third-order valence-electron chi connectivity index (χ3n) is 2.50. The normalized spacial score (nSPS) is 21.6. The molecule has 1 aromatic heterocycles. The van der Waals surface area contributed by atoms with Crippen molar-refractivity contribution in [3.05, 3.63) is 18.7 Å². The standard InChI is InChI=1S/C10H17N3O/c1-2-10(14-7-1)8-11-3-5-13-6-4-12-9-13/h4,6,9-11H,1-3,5,7-8H2. The number of nitrogens with one attached hydrogen (secondary N) is 1. The van der Waals surface area contributed by atoms with Crippen molar-refractivity contribution in [1.29, 1.82) is 0 Å². The minimum Gasteiger partial charge on any atom is -0.377 e. The zero-order valence-electron chi connectivity index (χ0n) is 8.35. The summed E-state index contributed by atoms with van der Waals surface area (Å²) in [6.07, 6.45) is 8.49. The summed E-state index contributed by atoms with van der Waals surface area (Å²) in [5.41, 5.74) is 0. The van der Waals surface area contributed by atoms with E-state index >= 15 is 0 Å². The van der Waals surface area contributed by atoms with Gasteiger partial charge in [0, 0.05) is 38.6 Å². The molecule has 0 radical (unpaired) electrons. The molecule has 0 spiro atoms. The van der Waals surface area contributed by atoms with Crippen LogP contribution in [-0.4, -0.2) is 35.4 Å². The van der Waals surface area contributed by atoms with E-state index in [-0.39, 0.29) is 0 Å². The monoisotopic (exact) mass is 195 g/mol. The predicted octanol–water partition coefficient (Wildman–Crippen LogP) is 0.652. The molecule has 1 aliphatic heterocycles. The van der Waals surface area contributed by atoms with Gasteiger partial charge in [-0.1, -0.05) is 0 Å². The van der Waals surface area contributed by atoms with E-state index in [0.717, 1.165) is 26.2 Å². The van der Waals surface area contributed by atoms with Crippen LogP contribution in [0.15, 0.2) is 18.7 Å². The van der Waals surface area contributed by atoms with Crippen molar-refractivity contribution in [2.24, 2.45) is 0 Å². The molecule has 2 heterocycles. The second-order valence-corrected chi connectivity index (χ2v) is 3.64. The van der Waals surface area contributed by atoms with Crippen molar-refractivity contribution in [3.8, 4) is 0 Å². The summed E-state index contributed by atoms with van der Waals surface area (Å²) < 4.78 is 7.58. The molecule has 0 saturated carbocycles. The summed E-state index contributed by atoms with van der Waals surface area (Å²) in [6, 6.07) is 0. The number of hydrogen-bond acceptors (Lipinski definition) is 3. The molecule has 1 unspecified atom stereocenters. The number of aromatic nitrogens is 2. The van der Waals surface area contributed by atoms with Crippen LogP contribution in [0.25, 0.3) is 0 Å². The zero-order valence-corrected chi connectivity index (χ0v) is 8.35. The number of rotatable bonds is 5. The second-order valence-electron chi connectivity index (χ2n) is 3.64. The smallest absolute Gasteiger partial charge is 0.0946 e. The lowest BCUT2D eigenvalue weighted by Crippen LogP contribution is -2.28. The summed E-state index contributed by atoms with van der Waals surface area (Å²) in [6.45, 7) is 3.88. The van der Waals surface area contributed by atoms with Crippen molar-refractivity contribution in [2.45, 2.75) is 25.5 Å². The molecule has 1 fully saturated rings. The van der Waals surface area contributed by atoms with Crippen molar-refractivity contribution < 1.29 is 4.74 Å². The largest absolute Gasteiger partial charge is 0.377 e. The van der Waals surface area contributed by atoms with Crippen LogP contribution in [0.5, 0.6) is 0 Å². The van der Waals surface area contributed by atoms with Crippen LogP contribution in [-0.2, 0) is 11.3 Å². The number of nitrogens with zero attached hydrogens (tertiary/aromatic N) is 2.